The Labute approximate surface area is 86.3 Å². The van der Waals surface area contributed by atoms with Crippen LogP contribution in [0.4, 0.5) is 0 Å². The molecule has 3 nitrogen and oxygen atoms in total. The van der Waals surface area contributed by atoms with Gasteiger partial charge in [-0.05, 0) is 12.5 Å². The van der Waals surface area contributed by atoms with E-state index in [1.807, 2.05) is 32.0 Å². The highest BCUT2D eigenvalue weighted by Crippen LogP contribution is 2.07. The third-order valence-corrected chi connectivity index (χ3v) is 1.51. The summed E-state index contributed by atoms with van der Waals surface area (Å²) in [6, 6.07) is 5.77. The first kappa shape index (κ1) is 12.9. The average Bonchev–Trinajstić information content (AvgIpc) is 2.29. The summed E-state index contributed by atoms with van der Waals surface area (Å²) in [7, 11) is 0. The summed E-state index contributed by atoms with van der Waals surface area (Å²) < 4.78 is 5.26. The summed E-state index contributed by atoms with van der Waals surface area (Å²) in [5.74, 6) is 0.666. The fourth-order valence-electron chi connectivity index (χ4n) is 0.898. The molecule has 0 spiro atoms. The van der Waals surface area contributed by atoms with Gasteiger partial charge in [-0.1, -0.05) is 26.8 Å². The minimum absolute atomic E-state index is 0.526. The summed E-state index contributed by atoms with van der Waals surface area (Å²) >= 11 is 0. The van der Waals surface area contributed by atoms with E-state index in [9.17, 15) is 0 Å². The summed E-state index contributed by atoms with van der Waals surface area (Å²) in [6.07, 6.45) is 0.930. The van der Waals surface area contributed by atoms with Gasteiger partial charge in [0.25, 0.3) is 0 Å². The smallest absolute Gasteiger partial charge is 0.213 e. The van der Waals surface area contributed by atoms with Crippen LogP contribution in [0, 0.1) is 0 Å². The zero-order chi connectivity index (χ0) is 10.8. The topological polar surface area (TPSA) is 48.1 Å². The molecule has 14 heavy (non-hydrogen) atoms. The summed E-state index contributed by atoms with van der Waals surface area (Å²) in [5, 5.41) is 0. The number of ether oxygens (including phenoxy) is 1. The lowest BCUT2D eigenvalue weighted by Gasteiger charge is -2.03. The SMILES string of the molecule is CC.CCc1cccc(OCCN)n1. The van der Waals surface area contributed by atoms with E-state index < -0.39 is 0 Å². The molecule has 0 aliphatic rings. The number of pyridine rings is 1. The highest BCUT2D eigenvalue weighted by atomic mass is 16.5. The van der Waals surface area contributed by atoms with Gasteiger partial charge in [0.2, 0.25) is 5.88 Å². The number of hydrogen-bond donors (Lipinski definition) is 1. The molecular formula is C11H20N2O. The minimum atomic E-state index is 0.526. The molecule has 0 bridgehead atoms. The molecule has 0 atom stereocenters. The molecule has 3 heteroatoms. The van der Waals surface area contributed by atoms with Gasteiger partial charge in [-0.15, -0.1) is 0 Å². The Morgan fingerprint density at radius 3 is 2.64 bits per heavy atom. The van der Waals surface area contributed by atoms with Gasteiger partial charge >= 0.3 is 0 Å². The molecule has 1 rings (SSSR count). The molecule has 0 unspecified atom stereocenters. The van der Waals surface area contributed by atoms with Crippen LogP contribution in [0.1, 0.15) is 26.5 Å². The molecular weight excluding hydrogens is 176 g/mol. The summed E-state index contributed by atoms with van der Waals surface area (Å²) in [4.78, 5) is 4.25. The van der Waals surface area contributed by atoms with E-state index in [-0.39, 0.29) is 0 Å². The highest BCUT2D eigenvalue weighted by Gasteiger charge is 1.95. The van der Waals surface area contributed by atoms with E-state index in [4.69, 9.17) is 10.5 Å². The third-order valence-electron chi connectivity index (χ3n) is 1.51. The van der Waals surface area contributed by atoms with Crippen molar-refractivity contribution < 1.29 is 4.74 Å². The summed E-state index contributed by atoms with van der Waals surface area (Å²) in [6.45, 7) is 7.12. The van der Waals surface area contributed by atoms with Gasteiger partial charge in [-0.2, -0.15) is 0 Å². The molecule has 80 valence electrons. The number of rotatable bonds is 4. The highest BCUT2D eigenvalue weighted by molar-refractivity contribution is 5.15. The Morgan fingerprint density at radius 1 is 1.36 bits per heavy atom. The Balaban J connectivity index is 0.000000791. The lowest BCUT2D eigenvalue weighted by Crippen LogP contribution is -2.11. The zero-order valence-corrected chi connectivity index (χ0v) is 9.29. The first-order valence-corrected chi connectivity index (χ1v) is 5.15. The molecule has 0 aromatic carbocycles. The van der Waals surface area contributed by atoms with Gasteiger partial charge in [0.1, 0.15) is 6.61 Å². The normalized spacial score (nSPS) is 8.86. The van der Waals surface area contributed by atoms with Crippen LogP contribution in [0.5, 0.6) is 5.88 Å². The maximum atomic E-state index is 5.29. The van der Waals surface area contributed by atoms with E-state index >= 15 is 0 Å². The predicted molar refractivity (Wildman–Crippen MR) is 59.5 cm³/mol. The zero-order valence-electron chi connectivity index (χ0n) is 9.29. The number of aromatic nitrogens is 1. The van der Waals surface area contributed by atoms with Crippen LogP contribution >= 0.6 is 0 Å². The Morgan fingerprint density at radius 2 is 2.07 bits per heavy atom. The maximum Gasteiger partial charge on any atom is 0.213 e. The Bertz CT molecular complexity index is 238. The molecule has 0 aliphatic carbocycles. The monoisotopic (exact) mass is 196 g/mol. The van der Waals surface area contributed by atoms with E-state index in [2.05, 4.69) is 11.9 Å². The first-order chi connectivity index (χ1) is 6.86. The number of aryl methyl sites for hydroxylation is 1. The lowest BCUT2D eigenvalue weighted by atomic mass is 10.3. The Hall–Kier alpha value is -1.09. The Kier molecular flexibility index (Phi) is 7.84. The van der Waals surface area contributed by atoms with E-state index in [0.717, 1.165) is 12.1 Å². The molecule has 0 saturated carbocycles. The van der Waals surface area contributed by atoms with Crippen molar-refractivity contribution in [3.8, 4) is 5.88 Å². The van der Waals surface area contributed by atoms with Crippen molar-refractivity contribution >= 4 is 0 Å². The van der Waals surface area contributed by atoms with Crippen molar-refractivity contribution in [3.05, 3.63) is 23.9 Å². The molecule has 0 amide bonds. The lowest BCUT2D eigenvalue weighted by molar-refractivity contribution is 0.315. The van der Waals surface area contributed by atoms with Gasteiger partial charge < -0.3 is 10.5 Å². The minimum Gasteiger partial charge on any atom is -0.476 e. The standard InChI is InChI=1S/C9H14N2O.C2H6/c1-2-8-4-3-5-9(11-8)12-7-6-10;1-2/h3-5H,2,6-7,10H2,1H3;1-2H3. The molecule has 1 aromatic heterocycles. The van der Waals surface area contributed by atoms with Crippen molar-refractivity contribution in [1.82, 2.24) is 4.98 Å². The van der Waals surface area contributed by atoms with Crippen LogP contribution in [0.3, 0.4) is 0 Å². The molecule has 0 aliphatic heterocycles. The average molecular weight is 196 g/mol. The summed E-state index contributed by atoms with van der Waals surface area (Å²) in [5.41, 5.74) is 6.34. The fraction of sp³-hybridized carbons (Fsp3) is 0.545. The molecule has 1 aromatic rings. The van der Waals surface area contributed by atoms with E-state index in [1.54, 1.807) is 0 Å². The second kappa shape index (κ2) is 8.51. The molecule has 1 heterocycles. The van der Waals surface area contributed by atoms with Gasteiger partial charge in [0, 0.05) is 18.3 Å². The van der Waals surface area contributed by atoms with Gasteiger partial charge in [0.15, 0.2) is 0 Å². The van der Waals surface area contributed by atoms with Crippen molar-refractivity contribution in [2.75, 3.05) is 13.2 Å². The van der Waals surface area contributed by atoms with Crippen molar-refractivity contribution in [1.29, 1.82) is 0 Å². The van der Waals surface area contributed by atoms with Crippen LogP contribution in [-0.4, -0.2) is 18.1 Å². The van der Waals surface area contributed by atoms with Gasteiger partial charge in [-0.3, -0.25) is 0 Å². The van der Waals surface area contributed by atoms with Crippen LogP contribution in [0.15, 0.2) is 18.2 Å². The molecule has 0 radical (unpaired) electrons. The molecule has 2 N–H and O–H groups in total. The largest absolute Gasteiger partial charge is 0.476 e. The van der Waals surface area contributed by atoms with Crippen LogP contribution < -0.4 is 10.5 Å². The number of hydrogen-bond acceptors (Lipinski definition) is 3. The number of nitrogens with zero attached hydrogens (tertiary/aromatic N) is 1. The van der Waals surface area contributed by atoms with E-state index in [0.29, 0.717) is 19.0 Å². The van der Waals surface area contributed by atoms with Gasteiger partial charge in [0.05, 0.1) is 0 Å². The third kappa shape index (κ3) is 4.82. The second-order valence-corrected chi connectivity index (χ2v) is 2.46. The maximum absolute atomic E-state index is 5.29. The number of nitrogens with two attached hydrogens (primary N) is 1. The molecule has 0 saturated heterocycles. The van der Waals surface area contributed by atoms with Crippen LogP contribution in [-0.2, 0) is 6.42 Å². The quantitative estimate of drug-likeness (QED) is 0.801. The first-order valence-electron chi connectivity index (χ1n) is 5.15. The van der Waals surface area contributed by atoms with Crippen molar-refractivity contribution in [2.45, 2.75) is 27.2 Å². The van der Waals surface area contributed by atoms with Crippen LogP contribution in [0.2, 0.25) is 0 Å². The predicted octanol–water partition coefficient (Wildman–Crippen LogP) is 2.01. The second-order valence-electron chi connectivity index (χ2n) is 2.46. The van der Waals surface area contributed by atoms with Crippen LogP contribution in [0.25, 0.3) is 0 Å². The van der Waals surface area contributed by atoms with Crippen molar-refractivity contribution in [2.24, 2.45) is 5.73 Å². The van der Waals surface area contributed by atoms with E-state index in [1.165, 1.54) is 0 Å². The van der Waals surface area contributed by atoms with Gasteiger partial charge in [-0.25, -0.2) is 4.98 Å². The fourth-order valence-corrected chi connectivity index (χ4v) is 0.898. The van der Waals surface area contributed by atoms with Crippen molar-refractivity contribution in [3.63, 3.8) is 0 Å². The molecule has 0 fully saturated rings.